The molecule has 1 atom stereocenters. The summed E-state index contributed by atoms with van der Waals surface area (Å²) in [6, 6.07) is 0. The molecule has 0 aromatic rings. The topological polar surface area (TPSA) is 20.2 Å². The molecule has 1 unspecified atom stereocenters. The van der Waals surface area contributed by atoms with Crippen molar-refractivity contribution >= 4 is 0 Å². The zero-order valence-corrected chi connectivity index (χ0v) is 9.39. The summed E-state index contributed by atoms with van der Waals surface area (Å²) in [5.41, 5.74) is 0. The van der Waals surface area contributed by atoms with Crippen LogP contribution < -0.4 is 0 Å². The fraction of sp³-hybridized carbons (Fsp3) is 1.00. The molecule has 0 aliphatic rings. The Balaban J connectivity index is 3.05. The second-order valence-corrected chi connectivity index (χ2v) is 4.01. The van der Waals surface area contributed by atoms with Crippen molar-refractivity contribution in [2.24, 2.45) is 5.92 Å². The molecule has 1 heteroatoms. The van der Waals surface area contributed by atoms with Crippen molar-refractivity contribution in [3.8, 4) is 0 Å². The third-order valence-corrected chi connectivity index (χ3v) is 2.80. The summed E-state index contributed by atoms with van der Waals surface area (Å²) in [6.45, 7) is 4.79. The Kier molecular flexibility index (Phi) is 10.0. The van der Waals surface area contributed by atoms with Gasteiger partial charge in [-0.15, -0.1) is 0 Å². The van der Waals surface area contributed by atoms with E-state index in [1.54, 1.807) is 0 Å². The van der Waals surface area contributed by atoms with Crippen molar-refractivity contribution < 1.29 is 5.11 Å². The molecule has 0 aromatic carbocycles. The van der Waals surface area contributed by atoms with Crippen LogP contribution >= 0.6 is 0 Å². The zero-order chi connectivity index (χ0) is 9.94. The molecule has 13 heavy (non-hydrogen) atoms. The highest BCUT2D eigenvalue weighted by atomic mass is 16.3. The van der Waals surface area contributed by atoms with Gasteiger partial charge in [0.25, 0.3) is 0 Å². The fourth-order valence-electron chi connectivity index (χ4n) is 1.64. The molecule has 1 nitrogen and oxygen atoms in total. The lowest BCUT2D eigenvalue weighted by atomic mass is 9.99. The minimum atomic E-state index is 0.380. The van der Waals surface area contributed by atoms with Crippen LogP contribution in [0.3, 0.4) is 0 Å². The molecule has 0 aliphatic carbocycles. The number of aliphatic hydroxyl groups is 1. The number of hydrogen-bond acceptors (Lipinski definition) is 1. The van der Waals surface area contributed by atoms with E-state index < -0.39 is 0 Å². The summed E-state index contributed by atoms with van der Waals surface area (Å²) in [5.74, 6) is 0.561. The van der Waals surface area contributed by atoms with Gasteiger partial charge in [-0.25, -0.2) is 0 Å². The molecule has 0 spiro atoms. The van der Waals surface area contributed by atoms with Crippen molar-refractivity contribution in [3.63, 3.8) is 0 Å². The normalized spacial score (nSPS) is 13.2. The molecule has 80 valence electrons. The quantitative estimate of drug-likeness (QED) is 0.544. The Morgan fingerprint density at radius 1 is 0.923 bits per heavy atom. The predicted octanol–water partition coefficient (Wildman–Crippen LogP) is 3.76. The highest BCUT2D eigenvalue weighted by Gasteiger charge is 2.02. The minimum Gasteiger partial charge on any atom is -0.396 e. The molecule has 0 heterocycles. The summed E-state index contributed by atoms with van der Waals surface area (Å²) < 4.78 is 0. The first-order chi connectivity index (χ1) is 6.35. The van der Waals surface area contributed by atoms with E-state index >= 15 is 0 Å². The average molecular weight is 186 g/mol. The zero-order valence-electron chi connectivity index (χ0n) is 9.39. The SMILES string of the molecule is CCCCCCCCC(CC)CO. The van der Waals surface area contributed by atoms with Gasteiger partial charge in [-0.1, -0.05) is 58.8 Å². The number of unbranched alkanes of at least 4 members (excludes halogenated alkanes) is 5. The van der Waals surface area contributed by atoms with E-state index in [0.717, 1.165) is 6.42 Å². The van der Waals surface area contributed by atoms with Gasteiger partial charge in [0, 0.05) is 6.61 Å². The van der Waals surface area contributed by atoms with Crippen LogP contribution in [0.1, 0.15) is 65.2 Å². The van der Waals surface area contributed by atoms with E-state index in [4.69, 9.17) is 5.11 Å². The molecule has 0 saturated carbocycles. The van der Waals surface area contributed by atoms with E-state index in [9.17, 15) is 0 Å². The third-order valence-electron chi connectivity index (χ3n) is 2.80. The van der Waals surface area contributed by atoms with Gasteiger partial charge in [0.1, 0.15) is 0 Å². The van der Waals surface area contributed by atoms with Crippen molar-refractivity contribution in [2.45, 2.75) is 65.2 Å². The molecule has 0 amide bonds. The molecule has 0 radical (unpaired) electrons. The van der Waals surface area contributed by atoms with E-state index in [0.29, 0.717) is 12.5 Å². The van der Waals surface area contributed by atoms with Gasteiger partial charge in [-0.3, -0.25) is 0 Å². The van der Waals surface area contributed by atoms with E-state index in [2.05, 4.69) is 13.8 Å². The number of aliphatic hydroxyl groups excluding tert-OH is 1. The first-order valence-corrected chi connectivity index (χ1v) is 5.96. The number of hydrogen-bond donors (Lipinski definition) is 1. The third kappa shape index (κ3) is 8.29. The maximum atomic E-state index is 8.97. The van der Waals surface area contributed by atoms with Gasteiger partial charge in [0.05, 0.1) is 0 Å². The minimum absolute atomic E-state index is 0.380. The fourth-order valence-corrected chi connectivity index (χ4v) is 1.64. The van der Waals surface area contributed by atoms with Gasteiger partial charge in [0.2, 0.25) is 0 Å². The second kappa shape index (κ2) is 10.0. The summed E-state index contributed by atoms with van der Waals surface area (Å²) in [4.78, 5) is 0. The molecule has 0 rings (SSSR count). The molecule has 0 bridgehead atoms. The highest BCUT2D eigenvalue weighted by molar-refractivity contribution is 4.55. The van der Waals surface area contributed by atoms with Crippen LogP contribution in [0.15, 0.2) is 0 Å². The molecular weight excluding hydrogens is 160 g/mol. The summed E-state index contributed by atoms with van der Waals surface area (Å²) in [7, 11) is 0. The number of rotatable bonds is 9. The Labute approximate surface area is 83.5 Å². The summed E-state index contributed by atoms with van der Waals surface area (Å²) in [5, 5.41) is 8.97. The average Bonchev–Trinajstić information content (AvgIpc) is 2.17. The summed E-state index contributed by atoms with van der Waals surface area (Å²) in [6.07, 6.45) is 10.5. The predicted molar refractivity (Wildman–Crippen MR) is 58.9 cm³/mol. The Morgan fingerprint density at radius 2 is 1.54 bits per heavy atom. The highest BCUT2D eigenvalue weighted by Crippen LogP contribution is 2.14. The molecule has 0 aliphatic heterocycles. The van der Waals surface area contributed by atoms with Crippen LogP contribution in [0.4, 0.5) is 0 Å². The van der Waals surface area contributed by atoms with E-state index in [-0.39, 0.29) is 0 Å². The van der Waals surface area contributed by atoms with Crippen LogP contribution in [0, 0.1) is 5.92 Å². The molecule has 1 N–H and O–H groups in total. The lowest BCUT2D eigenvalue weighted by Crippen LogP contribution is -2.03. The van der Waals surface area contributed by atoms with Gasteiger partial charge >= 0.3 is 0 Å². The van der Waals surface area contributed by atoms with E-state index in [1.807, 2.05) is 0 Å². The first-order valence-electron chi connectivity index (χ1n) is 5.96. The standard InChI is InChI=1S/C12H26O/c1-3-5-6-7-8-9-10-12(4-2)11-13/h12-13H,3-11H2,1-2H3. The monoisotopic (exact) mass is 186 g/mol. The van der Waals surface area contributed by atoms with Gasteiger partial charge in [-0.2, -0.15) is 0 Å². The molecule has 0 fully saturated rings. The van der Waals surface area contributed by atoms with Crippen molar-refractivity contribution in [3.05, 3.63) is 0 Å². The van der Waals surface area contributed by atoms with Crippen LogP contribution in [0.5, 0.6) is 0 Å². The first kappa shape index (κ1) is 13.0. The molecule has 0 saturated heterocycles. The van der Waals surface area contributed by atoms with Gasteiger partial charge in [-0.05, 0) is 12.3 Å². The Morgan fingerprint density at radius 3 is 2.08 bits per heavy atom. The Bertz CT molecular complexity index is 87.1. The van der Waals surface area contributed by atoms with Crippen LogP contribution in [-0.2, 0) is 0 Å². The smallest absolute Gasteiger partial charge is 0.0459 e. The second-order valence-electron chi connectivity index (χ2n) is 4.01. The van der Waals surface area contributed by atoms with Gasteiger partial charge in [0.15, 0.2) is 0 Å². The summed E-state index contributed by atoms with van der Waals surface area (Å²) >= 11 is 0. The largest absolute Gasteiger partial charge is 0.396 e. The lowest BCUT2D eigenvalue weighted by molar-refractivity contribution is 0.211. The molecular formula is C12H26O. The maximum Gasteiger partial charge on any atom is 0.0459 e. The maximum absolute atomic E-state index is 8.97. The van der Waals surface area contributed by atoms with Crippen LogP contribution in [-0.4, -0.2) is 11.7 Å². The van der Waals surface area contributed by atoms with Gasteiger partial charge < -0.3 is 5.11 Å². The van der Waals surface area contributed by atoms with E-state index in [1.165, 1.54) is 44.9 Å². The molecule has 0 aromatic heterocycles. The van der Waals surface area contributed by atoms with Crippen LogP contribution in [0.2, 0.25) is 0 Å². The van der Waals surface area contributed by atoms with Crippen molar-refractivity contribution in [2.75, 3.05) is 6.61 Å². The lowest BCUT2D eigenvalue weighted by Gasteiger charge is -2.10. The van der Waals surface area contributed by atoms with Crippen molar-refractivity contribution in [1.82, 2.24) is 0 Å². The van der Waals surface area contributed by atoms with Crippen LogP contribution in [0.25, 0.3) is 0 Å². The van der Waals surface area contributed by atoms with Crippen molar-refractivity contribution in [1.29, 1.82) is 0 Å². The Hall–Kier alpha value is -0.0400.